The second-order valence-electron chi connectivity index (χ2n) is 6.74. The molecule has 0 aromatic heterocycles. The minimum atomic E-state index is -0.0295. The zero-order chi connectivity index (χ0) is 18.9. The van der Waals surface area contributed by atoms with Gasteiger partial charge in [0.15, 0.2) is 0 Å². The van der Waals surface area contributed by atoms with Crippen LogP contribution in [-0.2, 0) is 4.79 Å². The fourth-order valence-corrected chi connectivity index (χ4v) is 2.99. The van der Waals surface area contributed by atoms with Crippen molar-refractivity contribution < 1.29 is 14.3 Å². The zero-order valence-corrected chi connectivity index (χ0v) is 15.7. The largest absolute Gasteiger partial charge is 0.489 e. The molecule has 1 heterocycles. The van der Waals surface area contributed by atoms with Crippen LogP contribution in [0.3, 0.4) is 0 Å². The highest BCUT2D eigenvalue weighted by Crippen LogP contribution is 2.20. The maximum atomic E-state index is 12.9. The van der Waals surface area contributed by atoms with Crippen molar-refractivity contribution in [1.82, 2.24) is 15.1 Å². The van der Waals surface area contributed by atoms with Gasteiger partial charge in [-0.2, -0.15) is 0 Å². The number of rotatable bonds is 7. The molecule has 1 N–H and O–H groups in total. The quantitative estimate of drug-likeness (QED) is 0.756. The van der Waals surface area contributed by atoms with Crippen molar-refractivity contribution in [3.8, 4) is 5.75 Å². The van der Waals surface area contributed by atoms with E-state index in [4.69, 9.17) is 4.74 Å². The van der Waals surface area contributed by atoms with Crippen LogP contribution in [0, 0.1) is 0 Å². The van der Waals surface area contributed by atoms with Gasteiger partial charge in [-0.25, -0.2) is 0 Å². The summed E-state index contributed by atoms with van der Waals surface area (Å²) in [6.07, 6.45) is 2.50. The summed E-state index contributed by atoms with van der Waals surface area (Å²) in [6, 6.07) is 7.43. The SMILES string of the molecule is C=CCOc1ccccc1C(=O)N1CCCN(CC(=O)NC(C)C)CC1. The minimum absolute atomic E-state index is 0.0295. The Labute approximate surface area is 155 Å². The third-order valence-electron chi connectivity index (χ3n) is 4.17. The predicted octanol–water partition coefficient (Wildman–Crippen LogP) is 1.92. The Morgan fingerprint density at radius 1 is 1.23 bits per heavy atom. The molecule has 26 heavy (non-hydrogen) atoms. The summed E-state index contributed by atoms with van der Waals surface area (Å²) >= 11 is 0. The number of benzene rings is 1. The smallest absolute Gasteiger partial charge is 0.257 e. The van der Waals surface area contributed by atoms with Gasteiger partial charge in [-0.05, 0) is 32.4 Å². The van der Waals surface area contributed by atoms with E-state index in [1.54, 1.807) is 18.2 Å². The molecule has 0 atom stereocenters. The van der Waals surface area contributed by atoms with Gasteiger partial charge in [0.05, 0.1) is 12.1 Å². The lowest BCUT2D eigenvalue weighted by molar-refractivity contribution is -0.122. The Kier molecular flexibility index (Phi) is 7.66. The zero-order valence-electron chi connectivity index (χ0n) is 15.7. The number of hydrogen-bond acceptors (Lipinski definition) is 4. The van der Waals surface area contributed by atoms with Crippen LogP contribution in [0.15, 0.2) is 36.9 Å². The van der Waals surface area contributed by atoms with E-state index in [1.807, 2.05) is 30.9 Å². The monoisotopic (exact) mass is 359 g/mol. The molecular weight excluding hydrogens is 330 g/mol. The topological polar surface area (TPSA) is 61.9 Å². The van der Waals surface area contributed by atoms with Crippen molar-refractivity contribution in [3.63, 3.8) is 0 Å². The third kappa shape index (κ3) is 5.88. The Morgan fingerprint density at radius 3 is 2.73 bits per heavy atom. The molecule has 1 aromatic rings. The third-order valence-corrected chi connectivity index (χ3v) is 4.17. The molecule has 2 rings (SSSR count). The van der Waals surface area contributed by atoms with Crippen molar-refractivity contribution in [2.75, 3.05) is 39.3 Å². The first-order chi connectivity index (χ1) is 12.5. The predicted molar refractivity (Wildman–Crippen MR) is 102 cm³/mol. The number of nitrogens with zero attached hydrogens (tertiary/aromatic N) is 2. The highest BCUT2D eigenvalue weighted by Gasteiger charge is 2.23. The van der Waals surface area contributed by atoms with E-state index in [0.717, 1.165) is 13.0 Å². The maximum Gasteiger partial charge on any atom is 0.257 e. The fraction of sp³-hybridized carbons (Fsp3) is 0.500. The van der Waals surface area contributed by atoms with Crippen LogP contribution in [0.4, 0.5) is 0 Å². The van der Waals surface area contributed by atoms with Crippen LogP contribution in [-0.4, -0.2) is 67.0 Å². The van der Waals surface area contributed by atoms with E-state index in [-0.39, 0.29) is 17.9 Å². The van der Waals surface area contributed by atoms with Gasteiger partial charge in [-0.1, -0.05) is 24.8 Å². The van der Waals surface area contributed by atoms with E-state index in [9.17, 15) is 9.59 Å². The summed E-state index contributed by atoms with van der Waals surface area (Å²) < 4.78 is 5.61. The highest BCUT2D eigenvalue weighted by atomic mass is 16.5. The van der Waals surface area contributed by atoms with Crippen LogP contribution in [0.1, 0.15) is 30.6 Å². The number of carbonyl (C=O) groups is 2. The Hall–Kier alpha value is -2.34. The maximum absolute atomic E-state index is 12.9. The molecule has 1 aliphatic rings. The molecule has 0 aliphatic carbocycles. The normalized spacial score (nSPS) is 15.4. The van der Waals surface area contributed by atoms with Crippen LogP contribution in [0.5, 0.6) is 5.75 Å². The summed E-state index contributed by atoms with van der Waals surface area (Å²) in [5, 5.41) is 2.91. The molecule has 0 unspecified atom stereocenters. The Morgan fingerprint density at radius 2 is 2.00 bits per heavy atom. The molecule has 0 radical (unpaired) electrons. The van der Waals surface area contributed by atoms with E-state index in [2.05, 4.69) is 16.8 Å². The number of nitrogens with one attached hydrogen (secondary N) is 1. The van der Waals surface area contributed by atoms with Crippen molar-refractivity contribution in [3.05, 3.63) is 42.5 Å². The second-order valence-corrected chi connectivity index (χ2v) is 6.74. The minimum Gasteiger partial charge on any atom is -0.489 e. The number of para-hydroxylation sites is 1. The summed E-state index contributed by atoms with van der Waals surface area (Å²) in [4.78, 5) is 28.8. The van der Waals surface area contributed by atoms with E-state index in [1.165, 1.54) is 0 Å². The van der Waals surface area contributed by atoms with Gasteiger partial charge in [0.25, 0.3) is 5.91 Å². The fourth-order valence-electron chi connectivity index (χ4n) is 2.99. The van der Waals surface area contributed by atoms with Gasteiger partial charge in [-0.3, -0.25) is 14.5 Å². The summed E-state index contributed by atoms with van der Waals surface area (Å²) in [7, 11) is 0. The lowest BCUT2D eigenvalue weighted by atomic mass is 10.1. The van der Waals surface area contributed by atoms with Gasteiger partial charge in [0.1, 0.15) is 12.4 Å². The summed E-state index contributed by atoms with van der Waals surface area (Å²) in [6.45, 7) is 11.1. The molecule has 1 fully saturated rings. The highest BCUT2D eigenvalue weighted by molar-refractivity contribution is 5.97. The van der Waals surface area contributed by atoms with E-state index >= 15 is 0 Å². The second kappa shape index (κ2) is 9.97. The van der Waals surface area contributed by atoms with E-state index in [0.29, 0.717) is 44.1 Å². The number of hydrogen-bond donors (Lipinski definition) is 1. The lowest BCUT2D eigenvalue weighted by Gasteiger charge is -2.23. The van der Waals surface area contributed by atoms with Gasteiger partial charge in [0, 0.05) is 32.2 Å². The standard InChI is InChI=1S/C20H29N3O3/c1-4-14-26-18-9-6-5-8-17(18)20(25)23-11-7-10-22(12-13-23)15-19(24)21-16(2)3/h4-6,8-9,16H,1,7,10-15H2,2-3H3,(H,21,24). The van der Waals surface area contributed by atoms with Crippen molar-refractivity contribution >= 4 is 11.8 Å². The van der Waals surface area contributed by atoms with Crippen molar-refractivity contribution in [1.29, 1.82) is 0 Å². The van der Waals surface area contributed by atoms with Gasteiger partial charge >= 0.3 is 0 Å². The first kappa shape index (κ1) is 20.0. The summed E-state index contributed by atoms with van der Waals surface area (Å²) in [5.74, 6) is 0.580. The van der Waals surface area contributed by atoms with Crippen LogP contribution in [0.25, 0.3) is 0 Å². The average molecular weight is 359 g/mol. The van der Waals surface area contributed by atoms with Gasteiger partial charge in [0.2, 0.25) is 5.91 Å². The molecule has 6 heteroatoms. The molecule has 6 nitrogen and oxygen atoms in total. The Balaban J connectivity index is 1.97. The lowest BCUT2D eigenvalue weighted by Crippen LogP contribution is -2.42. The van der Waals surface area contributed by atoms with Crippen molar-refractivity contribution in [2.24, 2.45) is 0 Å². The van der Waals surface area contributed by atoms with Crippen LogP contribution >= 0.6 is 0 Å². The number of ether oxygens (including phenoxy) is 1. The van der Waals surface area contributed by atoms with Crippen LogP contribution in [0.2, 0.25) is 0 Å². The van der Waals surface area contributed by atoms with Crippen LogP contribution < -0.4 is 10.1 Å². The number of carbonyl (C=O) groups excluding carboxylic acids is 2. The Bertz CT molecular complexity index is 630. The molecule has 0 spiro atoms. The average Bonchev–Trinajstić information content (AvgIpc) is 2.84. The molecular formula is C20H29N3O3. The molecule has 1 aliphatic heterocycles. The summed E-state index contributed by atoms with van der Waals surface area (Å²) in [5.41, 5.74) is 0.570. The van der Waals surface area contributed by atoms with Crippen molar-refractivity contribution in [2.45, 2.75) is 26.3 Å². The molecule has 1 saturated heterocycles. The van der Waals surface area contributed by atoms with Gasteiger partial charge < -0.3 is 15.0 Å². The molecule has 1 aromatic carbocycles. The first-order valence-electron chi connectivity index (χ1n) is 9.15. The molecule has 0 saturated carbocycles. The molecule has 142 valence electrons. The van der Waals surface area contributed by atoms with Gasteiger partial charge in [-0.15, -0.1) is 0 Å². The first-order valence-corrected chi connectivity index (χ1v) is 9.15. The molecule has 0 bridgehead atoms. The van der Waals surface area contributed by atoms with E-state index < -0.39 is 0 Å². The number of amides is 2. The molecule has 2 amide bonds.